The minimum Gasteiger partial charge on any atom is -0.507 e. The van der Waals surface area contributed by atoms with Gasteiger partial charge in [-0.2, -0.15) is 0 Å². The molecule has 0 bridgehead atoms. The molecule has 160 valence electrons. The zero-order valence-electron chi connectivity index (χ0n) is 18.7. The first-order valence-corrected chi connectivity index (χ1v) is 11.5. The zero-order valence-corrected chi connectivity index (χ0v) is 18.7. The third-order valence-corrected chi connectivity index (χ3v) is 6.53. The summed E-state index contributed by atoms with van der Waals surface area (Å²) in [5, 5.41) is 11.0. The Balaban J connectivity index is 1.60. The minimum atomic E-state index is -0.325. The number of phenolic OH excluding ortho intramolecular Hbond substituents is 1. The second kappa shape index (κ2) is 8.85. The first-order chi connectivity index (χ1) is 14.5. The van der Waals surface area contributed by atoms with Crippen LogP contribution in [-0.2, 0) is 13.0 Å². The Morgan fingerprint density at radius 3 is 2.60 bits per heavy atom. The lowest BCUT2D eigenvalue weighted by molar-refractivity contribution is 0.129. The van der Waals surface area contributed by atoms with Crippen molar-refractivity contribution in [2.75, 3.05) is 13.1 Å². The van der Waals surface area contributed by atoms with E-state index in [4.69, 9.17) is 4.74 Å². The summed E-state index contributed by atoms with van der Waals surface area (Å²) < 4.78 is 6.45. The van der Waals surface area contributed by atoms with Crippen molar-refractivity contribution < 1.29 is 9.84 Å². The monoisotopic (exact) mass is 405 g/mol. The number of rotatable bonds is 7. The number of aromatic hydroxyl groups is 1. The van der Waals surface area contributed by atoms with Crippen LogP contribution in [-0.4, -0.2) is 28.7 Å². The number of hydrogen-bond donors (Lipinski definition) is 1. The standard InChI is InChI=1S/C27H35NO2/c1-4-5-6-8-13-21-16-24(29)26-22-19-28(18-20-11-9-7-10-12-20)15-14-23(22)27(2,3)30-25(26)17-21/h7,9-12,16-17,29H,4-6,8,13-15,18-19H2,1-3H3. The van der Waals surface area contributed by atoms with E-state index in [1.54, 1.807) is 0 Å². The molecule has 0 atom stereocenters. The molecule has 0 spiro atoms. The highest BCUT2D eigenvalue weighted by Gasteiger charge is 2.38. The van der Waals surface area contributed by atoms with Crippen LogP contribution >= 0.6 is 0 Å². The van der Waals surface area contributed by atoms with Gasteiger partial charge in [0.2, 0.25) is 0 Å². The van der Waals surface area contributed by atoms with Crippen molar-refractivity contribution in [1.82, 2.24) is 4.90 Å². The molecule has 1 N–H and O–H groups in total. The molecular formula is C27H35NO2. The van der Waals surface area contributed by atoms with Gasteiger partial charge in [0, 0.05) is 19.6 Å². The molecule has 0 saturated heterocycles. The van der Waals surface area contributed by atoms with Gasteiger partial charge in [0.15, 0.2) is 0 Å². The summed E-state index contributed by atoms with van der Waals surface area (Å²) in [7, 11) is 0. The largest absolute Gasteiger partial charge is 0.507 e. The summed E-state index contributed by atoms with van der Waals surface area (Å²) in [5.74, 6) is 1.23. The van der Waals surface area contributed by atoms with Crippen LogP contribution in [0.25, 0.3) is 5.57 Å². The van der Waals surface area contributed by atoms with Gasteiger partial charge in [-0.15, -0.1) is 0 Å². The Morgan fingerprint density at radius 2 is 1.83 bits per heavy atom. The third kappa shape index (κ3) is 4.41. The fourth-order valence-electron chi connectivity index (χ4n) is 4.97. The molecule has 0 unspecified atom stereocenters. The van der Waals surface area contributed by atoms with Crippen molar-refractivity contribution in [1.29, 1.82) is 0 Å². The minimum absolute atomic E-state index is 0.325. The number of nitrogens with zero attached hydrogens (tertiary/aromatic N) is 1. The van der Waals surface area contributed by atoms with E-state index in [0.717, 1.165) is 50.2 Å². The summed E-state index contributed by atoms with van der Waals surface area (Å²) in [5.41, 5.74) is 5.70. The van der Waals surface area contributed by atoms with Crippen molar-refractivity contribution in [3.05, 3.63) is 64.7 Å². The van der Waals surface area contributed by atoms with Crippen LogP contribution in [0.4, 0.5) is 0 Å². The van der Waals surface area contributed by atoms with Crippen LogP contribution in [0.1, 0.15) is 69.6 Å². The smallest absolute Gasteiger partial charge is 0.132 e. The number of unbranched alkanes of at least 4 members (excludes halogenated alkanes) is 3. The molecule has 2 aromatic rings. The van der Waals surface area contributed by atoms with Crippen molar-refractivity contribution in [3.8, 4) is 11.5 Å². The summed E-state index contributed by atoms with van der Waals surface area (Å²) in [6, 6.07) is 14.8. The van der Waals surface area contributed by atoms with Crippen molar-refractivity contribution in [3.63, 3.8) is 0 Å². The maximum Gasteiger partial charge on any atom is 0.132 e. The van der Waals surface area contributed by atoms with E-state index >= 15 is 0 Å². The Hall–Kier alpha value is -2.26. The molecule has 2 aliphatic heterocycles. The summed E-state index contributed by atoms with van der Waals surface area (Å²) >= 11 is 0. The number of aryl methyl sites for hydroxylation is 1. The van der Waals surface area contributed by atoms with Gasteiger partial charge in [-0.1, -0.05) is 56.5 Å². The first kappa shape index (κ1) is 21.0. The molecule has 3 heteroatoms. The molecule has 0 amide bonds. The average Bonchev–Trinajstić information content (AvgIpc) is 2.71. The van der Waals surface area contributed by atoms with Crippen LogP contribution in [0, 0.1) is 0 Å². The third-order valence-electron chi connectivity index (χ3n) is 6.53. The Morgan fingerprint density at radius 1 is 1.03 bits per heavy atom. The van der Waals surface area contributed by atoms with E-state index in [2.05, 4.69) is 62.1 Å². The molecule has 4 rings (SSSR count). The molecule has 2 aliphatic rings. The maximum atomic E-state index is 11.0. The Bertz CT molecular complexity index is 914. The molecule has 2 aromatic carbocycles. The average molecular weight is 406 g/mol. The second-order valence-corrected chi connectivity index (χ2v) is 9.31. The quantitative estimate of drug-likeness (QED) is 0.545. The van der Waals surface area contributed by atoms with Crippen LogP contribution < -0.4 is 4.74 Å². The van der Waals surface area contributed by atoms with E-state index in [1.165, 1.54) is 41.5 Å². The van der Waals surface area contributed by atoms with Crippen LogP contribution in [0.5, 0.6) is 11.5 Å². The SMILES string of the molecule is CCCCCCc1cc(O)c2c(c1)OC(C)(C)C1=C2CN(Cc2ccccc2)CC1. The lowest BCUT2D eigenvalue weighted by atomic mass is 9.81. The van der Waals surface area contributed by atoms with Crippen LogP contribution in [0.2, 0.25) is 0 Å². The number of phenols is 1. The summed E-state index contributed by atoms with van der Waals surface area (Å²) in [6.07, 6.45) is 6.89. The second-order valence-electron chi connectivity index (χ2n) is 9.31. The van der Waals surface area contributed by atoms with Crippen molar-refractivity contribution >= 4 is 5.57 Å². The van der Waals surface area contributed by atoms with E-state index < -0.39 is 0 Å². The first-order valence-electron chi connectivity index (χ1n) is 11.5. The molecule has 0 radical (unpaired) electrons. The highest BCUT2D eigenvalue weighted by Crippen LogP contribution is 2.48. The van der Waals surface area contributed by atoms with Gasteiger partial charge >= 0.3 is 0 Å². The normalized spacial score (nSPS) is 18.0. The number of ether oxygens (including phenoxy) is 1. The molecule has 3 nitrogen and oxygen atoms in total. The van der Waals surface area contributed by atoms with Gasteiger partial charge in [-0.3, -0.25) is 4.90 Å². The van der Waals surface area contributed by atoms with Gasteiger partial charge in [-0.25, -0.2) is 0 Å². The van der Waals surface area contributed by atoms with Gasteiger partial charge in [0.05, 0.1) is 5.56 Å². The highest BCUT2D eigenvalue weighted by atomic mass is 16.5. The lowest BCUT2D eigenvalue weighted by Crippen LogP contribution is -2.42. The number of benzene rings is 2. The maximum absolute atomic E-state index is 11.0. The number of hydrogen-bond acceptors (Lipinski definition) is 3. The Kier molecular flexibility index (Phi) is 6.19. The molecule has 0 aliphatic carbocycles. The fourth-order valence-corrected chi connectivity index (χ4v) is 4.97. The predicted octanol–water partition coefficient (Wildman–Crippen LogP) is 6.35. The van der Waals surface area contributed by atoms with Gasteiger partial charge in [-0.05, 0) is 67.5 Å². The van der Waals surface area contributed by atoms with Crippen LogP contribution in [0.3, 0.4) is 0 Å². The van der Waals surface area contributed by atoms with E-state index in [0.29, 0.717) is 5.75 Å². The van der Waals surface area contributed by atoms with E-state index in [-0.39, 0.29) is 5.60 Å². The molecule has 0 saturated carbocycles. The van der Waals surface area contributed by atoms with Gasteiger partial charge in [0.1, 0.15) is 17.1 Å². The van der Waals surface area contributed by atoms with E-state index in [9.17, 15) is 5.11 Å². The van der Waals surface area contributed by atoms with Gasteiger partial charge < -0.3 is 9.84 Å². The Labute approximate surface area is 181 Å². The molecule has 30 heavy (non-hydrogen) atoms. The fraction of sp³-hybridized carbons (Fsp3) is 0.481. The summed E-state index contributed by atoms with van der Waals surface area (Å²) in [4.78, 5) is 2.48. The van der Waals surface area contributed by atoms with Crippen LogP contribution in [0.15, 0.2) is 48.0 Å². The van der Waals surface area contributed by atoms with Gasteiger partial charge in [0.25, 0.3) is 0 Å². The number of fused-ring (bicyclic) bond motifs is 2. The summed E-state index contributed by atoms with van der Waals surface area (Å²) in [6.45, 7) is 9.38. The topological polar surface area (TPSA) is 32.7 Å². The highest BCUT2D eigenvalue weighted by molar-refractivity contribution is 5.82. The van der Waals surface area contributed by atoms with E-state index in [1.807, 2.05) is 6.07 Å². The lowest BCUT2D eigenvalue weighted by Gasteiger charge is -2.42. The molecular weight excluding hydrogens is 370 g/mol. The van der Waals surface area contributed by atoms with Crippen molar-refractivity contribution in [2.24, 2.45) is 0 Å². The van der Waals surface area contributed by atoms with Crippen molar-refractivity contribution in [2.45, 2.75) is 71.4 Å². The zero-order chi connectivity index (χ0) is 21.1. The molecule has 2 heterocycles. The predicted molar refractivity (Wildman–Crippen MR) is 124 cm³/mol. The molecule has 0 fully saturated rings. The molecule has 0 aromatic heterocycles.